The van der Waals surface area contributed by atoms with Gasteiger partial charge < -0.3 is 19.8 Å². The summed E-state index contributed by atoms with van der Waals surface area (Å²) in [6.45, 7) is 0. The average Bonchev–Trinajstić information content (AvgIpc) is 3.13. The molecule has 1 amide bonds. The van der Waals surface area contributed by atoms with Crippen molar-refractivity contribution >= 4 is 22.8 Å². The summed E-state index contributed by atoms with van der Waals surface area (Å²) in [5, 5.41) is 3.13. The van der Waals surface area contributed by atoms with E-state index in [2.05, 4.69) is 10.3 Å². The van der Waals surface area contributed by atoms with E-state index in [1.54, 1.807) is 43.5 Å². The first-order chi connectivity index (χ1) is 13.0. The predicted molar refractivity (Wildman–Crippen MR) is 98.1 cm³/mol. The molecule has 0 saturated carbocycles. The second-order valence-electron chi connectivity index (χ2n) is 5.96. The summed E-state index contributed by atoms with van der Waals surface area (Å²) >= 11 is 0. The minimum atomic E-state index is -0.605. The number of esters is 1. The number of amides is 1. The largest absolute Gasteiger partial charge is 0.497 e. The molecule has 2 N–H and O–H groups in total. The van der Waals surface area contributed by atoms with E-state index in [1.807, 2.05) is 0 Å². The van der Waals surface area contributed by atoms with E-state index in [4.69, 9.17) is 9.47 Å². The zero-order valence-corrected chi connectivity index (χ0v) is 14.9. The van der Waals surface area contributed by atoms with Gasteiger partial charge in [-0.15, -0.1) is 0 Å². The number of aromatic nitrogens is 1. The van der Waals surface area contributed by atoms with Gasteiger partial charge in [0, 0.05) is 10.9 Å². The number of carbonyl (C=O) groups is 2. The Hall–Kier alpha value is -3.35. The van der Waals surface area contributed by atoms with Gasteiger partial charge in [-0.05, 0) is 35.9 Å². The molecule has 3 aromatic rings. The number of fused-ring (bicyclic) bond motifs is 1. The lowest BCUT2D eigenvalue weighted by molar-refractivity contribution is -0.141. The van der Waals surface area contributed by atoms with E-state index in [-0.39, 0.29) is 12.1 Å². The van der Waals surface area contributed by atoms with Crippen LogP contribution in [-0.4, -0.2) is 31.1 Å². The van der Waals surface area contributed by atoms with Gasteiger partial charge in [0.2, 0.25) is 0 Å². The summed E-state index contributed by atoms with van der Waals surface area (Å²) in [6.07, 6.45) is -0.0385. The van der Waals surface area contributed by atoms with Gasteiger partial charge in [0.15, 0.2) is 0 Å². The molecule has 1 aromatic heterocycles. The number of H-pyrrole nitrogens is 1. The van der Waals surface area contributed by atoms with E-state index in [1.165, 1.54) is 19.2 Å². The fraction of sp³-hybridized carbons (Fsp3) is 0.200. The summed E-state index contributed by atoms with van der Waals surface area (Å²) in [7, 11) is 2.84. The van der Waals surface area contributed by atoms with E-state index >= 15 is 0 Å². The van der Waals surface area contributed by atoms with Gasteiger partial charge in [0.05, 0.1) is 26.7 Å². The number of carbonyl (C=O) groups excluding carboxylic acids is 2. The van der Waals surface area contributed by atoms with Gasteiger partial charge in [0.25, 0.3) is 5.91 Å². The minimum absolute atomic E-state index is 0.0385. The molecule has 0 aliphatic rings. The molecule has 6 nitrogen and oxygen atoms in total. The van der Waals surface area contributed by atoms with Crippen LogP contribution < -0.4 is 10.1 Å². The van der Waals surface area contributed by atoms with Crippen LogP contribution in [0.15, 0.2) is 48.5 Å². The quantitative estimate of drug-likeness (QED) is 0.652. The lowest BCUT2D eigenvalue weighted by Crippen LogP contribution is -2.30. The normalized spacial score (nSPS) is 11.8. The van der Waals surface area contributed by atoms with Crippen molar-refractivity contribution in [1.82, 2.24) is 10.3 Å². The van der Waals surface area contributed by atoms with Crippen LogP contribution >= 0.6 is 0 Å². The fourth-order valence-corrected chi connectivity index (χ4v) is 2.81. The first-order valence-electron chi connectivity index (χ1n) is 8.30. The fourth-order valence-electron chi connectivity index (χ4n) is 2.81. The van der Waals surface area contributed by atoms with Crippen molar-refractivity contribution in [2.45, 2.75) is 12.5 Å². The highest BCUT2D eigenvalue weighted by atomic mass is 19.1. The number of methoxy groups -OCH3 is 2. The Bertz CT molecular complexity index is 966. The zero-order chi connectivity index (χ0) is 19.4. The summed E-state index contributed by atoms with van der Waals surface area (Å²) in [5.74, 6) is -0.661. The lowest BCUT2D eigenvalue weighted by Gasteiger charge is -2.18. The highest BCUT2D eigenvalue weighted by molar-refractivity contribution is 5.98. The van der Waals surface area contributed by atoms with Crippen molar-refractivity contribution in [2.24, 2.45) is 0 Å². The second-order valence-corrected chi connectivity index (χ2v) is 5.96. The van der Waals surface area contributed by atoms with Crippen molar-refractivity contribution < 1.29 is 23.5 Å². The molecular formula is C20H19FN2O4. The molecule has 1 heterocycles. The molecule has 7 heteroatoms. The molecular weight excluding hydrogens is 351 g/mol. The molecule has 0 bridgehead atoms. The zero-order valence-electron chi connectivity index (χ0n) is 14.9. The first kappa shape index (κ1) is 18.4. The topological polar surface area (TPSA) is 80.4 Å². The molecule has 140 valence electrons. The van der Waals surface area contributed by atoms with Crippen molar-refractivity contribution in [3.8, 4) is 5.75 Å². The number of benzene rings is 2. The molecule has 27 heavy (non-hydrogen) atoms. The first-order valence-corrected chi connectivity index (χ1v) is 8.30. The van der Waals surface area contributed by atoms with Gasteiger partial charge in [0.1, 0.15) is 17.3 Å². The second kappa shape index (κ2) is 7.90. The number of hydrogen-bond acceptors (Lipinski definition) is 4. The molecule has 0 aliphatic heterocycles. The SMILES string of the molecule is COC(=O)CC(NC(=O)c1cc2c(F)cccc2[nH]1)c1ccc(OC)cc1. The van der Waals surface area contributed by atoms with E-state index < -0.39 is 23.7 Å². The highest BCUT2D eigenvalue weighted by Gasteiger charge is 2.21. The summed E-state index contributed by atoms with van der Waals surface area (Å²) in [5.41, 5.74) is 1.45. The Balaban J connectivity index is 1.86. The van der Waals surface area contributed by atoms with Gasteiger partial charge in [-0.2, -0.15) is 0 Å². The number of nitrogens with one attached hydrogen (secondary N) is 2. The van der Waals surface area contributed by atoms with Crippen LogP contribution in [0.3, 0.4) is 0 Å². The van der Waals surface area contributed by atoms with Crippen molar-refractivity contribution in [3.63, 3.8) is 0 Å². The Morgan fingerprint density at radius 3 is 2.52 bits per heavy atom. The maximum absolute atomic E-state index is 13.9. The maximum atomic E-state index is 13.9. The average molecular weight is 370 g/mol. The van der Waals surface area contributed by atoms with Crippen molar-refractivity contribution in [1.29, 1.82) is 0 Å². The number of halogens is 1. The Morgan fingerprint density at radius 1 is 1.15 bits per heavy atom. The van der Waals surface area contributed by atoms with Crippen LogP contribution in [0.2, 0.25) is 0 Å². The Kier molecular flexibility index (Phi) is 5.40. The van der Waals surface area contributed by atoms with E-state index in [0.717, 1.165) is 5.56 Å². The standard InChI is InChI=1S/C20H19FN2O4/c1-26-13-8-6-12(7-9-13)17(11-19(24)27-2)23-20(25)18-10-14-15(21)4-3-5-16(14)22-18/h3-10,17,22H,11H2,1-2H3,(H,23,25). The van der Waals surface area contributed by atoms with Gasteiger partial charge >= 0.3 is 5.97 Å². The smallest absolute Gasteiger partial charge is 0.307 e. The van der Waals surface area contributed by atoms with E-state index in [0.29, 0.717) is 16.7 Å². The van der Waals surface area contributed by atoms with Crippen molar-refractivity contribution in [2.75, 3.05) is 14.2 Å². The molecule has 0 spiro atoms. The molecule has 0 saturated heterocycles. The number of aromatic amines is 1. The molecule has 0 aliphatic carbocycles. The molecule has 0 fully saturated rings. The maximum Gasteiger partial charge on any atom is 0.307 e. The summed E-state index contributed by atoms with van der Waals surface area (Å²) in [4.78, 5) is 27.3. The Morgan fingerprint density at radius 2 is 1.89 bits per heavy atom. The molecule has 0 radical (unpaired) electrons. The van der Waals surface area contributed by atoms with Crippen LogP contribution in [0.5, 0.6) is 5.75 Å². The van der Waals surface area contributed by atoms with Crippen molar-refractivity contribution in [3.05, 3.63) is 65.6 Å². The third kappa shape index (κ3) is 4.08. The molecule has 1 unspecified atom stereocenters. The van der Waals surface area contributed by atoms with E-state index in [9.17, 15) is 14.0 Å². The van der Waals surface area contributed by atoms with Crippen LogP contribution in [0.4, 0.5) is 4.39 Å². The van der Waals surface area contributed by atoms with Crippen LogP contribution in [-0.2, 0) is 9.53 Å². The van der Waals surface area contributed by atoms with Gasteiger partial charge in [-0.25, -0.2) is 4.39 Å². The number of ether oxygens (including phenoxy) is 2. The minimum Gasteiger partial charge on any atom is -0.497 e. The highest BCUT2D eigenvalue weighted by Crippen LogP contribution is 2.23. The molecule has 1 atom stereocenters. The summed E-state index contributed by atoms with van der Waals surface area (Å²) < 4.78 is 23.7. The van der Waals surface area contributed by atoms with Gasteiger partial charge in [-0.3, -0.25) is 9.59 Å². The number of rotatable bonds is 6. The van der Waals surface area contributed by atoms with Crippen LogP contribution in [0.1, 0.15) is 28.5 Å². The molecule has 2 aromatic carbocycles. The summed E-state index contributed by atoms with van der Waals surface area (Å²) in [6, 6.07) is 12.4. The third-order valence-corrected chi connectivity index (χ3v) is 4.28. The van der Waals surface area contributed by atoms with Crippen LogP contribution in [0, 0.1) is 5.82 Å². The van der Waals surface area contributed by atoms with Crippen LogP contribution in [0.25, 0.3) is 10.9 Å². The Labute approximate surface area is 155 Å². The molecule has 3 rings (SSSR count). The van der Waals surface area contributed by atoms with Gasteiger partial charge in [-0.1, -0.05) is 18.2 Å². The predicted octanol–water partition coefficient (Wildman–Crippen LogP) is 3.35. The lowest BCUT2D eigenvalue weighted by atomic mass is 10.0. The third-order valence-electron chi connectivity index (χ3n) is 4.28. The monoisotopic (exact) mass is 370 g/mol. The number of hydrogen-bond donors (Lipinski definition) is 2.